The first-order valence-electron chi connectivity index (χ1n) is 14.4. The molecule has 1 N–H and O–H groups in total. The van der Waals surface area contributed by atoms with Gasteiger partial charge in [-0.05, 0) is 84.5 Å². The van der Waals surface area contributed by atoms with E-state index in [1.165, 1.54) is 75.4 Å². The van der Waals surface area contributed by atoms with Crippen LogP contribution in [-0.4, -0.2) is 15.9 Å². The maximum Gasteiger partial charge on any atom is 0.155 e. The molecule has 4 heteroatoms. The van der Waals surface area contributed by atoms with Crippen molar-refractivity contribution in [3.63, 3.8) is 0 Å². The van der Waals surface area contributed by atoms with E-state index in [0.717, 1.165) is 22.3 Å². The summed E-state index contributed by atoms with van der Waals surface area (Å²) in [6.07, 6.45) is 1.17. The van der Waals surface area contributed by atoms with Crippen molar-refractivity contribution in [2.24, 2.45) is 0 Å². The number of aliphatic hydroxyl groups excluding tert-OH is 1. The Hall–Kier alpha value is -3.85. The van der Waals surface area contributed by atoms with Gasteiger partial charge in [0.2, 0.25) is 0 Å². The molecule has 1 aromatic heterocycles. The standard InChI is InChI=1S/C34H30N.C5H8O2.Ir/c1-20-11-12-23(4)26(16-20)27-18-32(24-14-21(2)13-22(3)15-24)35-33-19-31-28(17-29(27)33)25-9-7-8-10-30(25)34(31,5)6;1-4(6)3-5(2)7;/h7-14,16-19H,1-6H3;3,6H,1-2H3;/q-1;;/b;4-3-;. The number of hydrogen-bond donors (Lipinski definition) is 1. The molecule has 0 aliphatic heterocycles. The molecular weight excluding hydrogens is 707 g/mol. The largest absolute Gasteiger partial charge is 0.512 e. The number of carbonyl (C=O) groups excluding carboxylic acids is 1. The first kappa shape index (κ1) is 32.1. The van der Waals surface area contributed by atoms with Crippen molar-refractivity contribution in [1.82, 2.24) is 4.98 Å². The van der Waals surface area contributed by atoms with Crippen molar-refractivity contribution in [2.45, 2.75) is 60.8 Å². The third-order valence-electron chi connectivity index (χ3n) is 8.03. The van der Waals surface area contributed by atoms with Crippen molar-refractivity contribution in [3.8, 4) is 33.5 Å². The smallest absolute Gasteiger partial charge is 0.155 e. The van der Waals surface area contributed by atoms with Gasteiger partial charge in [-0.15, -0.1) is 34.9 Å². The van der Waals surface area contributed by atoms with Gasteiger partial charge in [0.25, 0.3) is 0 Å². The SMILES string of the molecule is CC(=O)/C=C(/C)O.Cc1[c-]c(-c2cc(-c3cc(C)ccc3C)c3cc4c(cc3n2)C(C)(C)c2ccccc2-4)cc(C)c1.[Ir]. The Kier molecular flexibility index (Phi) is 9.25. The summed E-state index contributed by atoms with van der Waals surface area (Å²) in [4.78, 5) is 15.3. The van der Waals surface area contributed by atoms with Crippen LogP contribution in [0.4, 0.5) is 0 Å². The van der Waals surface area contributed by atoms with Crippen LogP contribution in [0.15, 0.2) is 84.6 Å². The van der Waals surface area contributed by atoms with Gasteiger partial charge in [0.1, 0.15) is 0 Å². The molecule has 3 nitrogen and oxygen atoms in total. The fourth-order valence-corrected chi connectivity index (χ4v) is 6.14. The predicted molar refractivity (Wildman–Crippen MR) is 175 cm³/mol. The van der Waals surface area contributed by atoms with Crippen molar-refractivity contribution in [2.75, 3.05) is 0 Å². The third-order valence-corrected chi connectivity index (χ3v) is 8.03. The Morgan fingerprint density at radius 2 is 1.51 bits per heavy atom. The van der Waals surface area contributed by atoms with Gasteiger partial charge in [-0.2, -0.15) is 0 Å². The minimum absolute atomic E-state index is 0. The number of pyridine rings is 1. The minimum Gasteiger partial charge on any atom is -0.512 e. The zero-order chi connectivity index (χ0) is 30.3. The monoisotopic (exact) mass is 745 g/mol. The molecule has 6 rings (SSSR count). The Morgan fingerprint density at radius 3 is 2.16 bits per heavy atom. The number of benzene rings is 4. The van der Waals surface area contributed by atoms with Gasteiger partial charge in [-0.3, -0.25) is 9.78 Å². The molecule has 5 aromatic rings. The number of ketones is 1. The quantitative estimate of drug-likeness (QED) is 0.114. The Labute approximate surface area is 269 Å². The van der Waals surface area contributed by atoms with Crippen LogP contribution in [-0.2, 0) is 30.3 Å². The summed E-state index contributed by atoms with van der Waals surface area (Å²) in [7, 11) is 0. The molecule has 0 fully saturated rings. The second kappa shape index (κ2) is 12.4. The number of allylic oxidation sites excluding steroid dienone is 2. The predicted octanol–water partition coefficient (Wildman–Crippen LogP) is 9.94. The second-order valence-corrected chi connectivity index (χ2v) is 12.1. The number of rotatable bonds is 3. The van der Waals surface area contributed by atoms with E-state index in [4.69, 9.17) is 10.1 Å². The number of hydrogen-bond acceptors (Lipinski definition) is 3. The molecule has 4 aromatic carbocycles. The van der Waals surface area contributed by atoms with E-state index in [0.29, 0.717) is 0 Å². The minimum atomic E-state index is -0.125. The normalized spacial score (nSPS) is 13.0. The molecule has 0 bridgehead atoms. The molecule has 0 saturated carbocycles. The first-order chi connectivity index (χ1) is 19.8. The van der Waals surface area contributed by atoms with Crippen molar-refractivity contribution in [3.05, 3.63) is 124 Å². The third kappa shape index (κ3) is 6.42. The van der Waals surface area contributed by atoms with Crippen LogP contribution in [0.1, 0.15) is 61.1 Å². The number of aromatic nitrogens is 1. The van der Waals surface area contributed by atoms with Crippen LogP contribution >= 0.6 is 0 Å². The number of fused-ring (bicyclic) bond motifs is 4. The van der Waals surface area contributed by atoms with E-state index in [-0.39, 0.29) is 37.1 Å². The van der Waals surface area contributed by atoms with Crippen molar-refractivity contribution >= 4 is 16.7 Å². The second-order valence-electron chi connectivity index (χ2n) is 12.1. The van der Waals surface area contributed by atoms with Gasteiger partial charge in [0, 0.05) is 37.0 Å². The van der Waals surface area contributed by atoms with Gasteiger partial charge in [-0.1, -0.05) is 81.8 Å². The number of carbonyl (C=O) groups is 1. The summed E-state index contributed by atoms with van der Waals surface area (Å²) in [5, 5.41) is 9.57. The summed E-state index contributed by atoms with van der Waals surface area (Å²) in [5.41, 5.74) is 15.9. The molecule has 0 amide bonds. The van der Waals surface area contributed by atoms with Crippen LogP contribution in [0.3, 0.4) is 0 Å². The van der Waals surface area contributed by atoms with E-state index in [9.17, 15) is 4.79 Å². The molecule has 1 aliphatic rings. The fraction of sp³-hybridized carbons (Fsp3) is 0.231. The van der Waals surface area contributed by atoms with E-state index in [1.54, 1.807) is 0 Å². The maximum atomic E-state index is 10.0. The van der Waals surface area contributed by atoms with E-state index >= 15 is 0 Å². The van der Waals surface area contributed by atoms with Crippen LogP contribution in [0.2, 0.25) is 0 Å². The summed E-state index contributed by atoms with van der Waals surface area (Å²) in [6, 6.07) is 30.5. The summed E-state index contributed by atoms with van der Waals surface area (Å²) >= 11 is 0. The van der Waals surface area contributed by atoms with Crippen molar-refractivity contribution < 1.29 is 30.0 Å². The van der Waals surface area contributed by atoms with Gasteiger partial charge < -0.3 is 5.11 Å². The Balaban J connectivity index is 0.000000475. The molecule has 43 heavy (non-hydrogen) atoms. The molecule has 1 heterocycles. The van der Waals surface area contributed by atoms with Crippen LogP contribution < -0.4 is 0 Å². The molecule has 0 atom stereocenters. The number of aryl methyl sites for hydroxylation is 4. The number of nitrogens with zero attached hydrogens (tertiary/aromatic N) is 1. The zero-order valence-electron chi connectivity index (χ0n) is 26.1. The summed E-state index contributed by atoms with van der Waals surface area (Å²) in [5.74, 6) is -0.0625. The van der Waals surface area contributed by atoms with Crippen LogP contribution in [0, 0.1) is 33.8 Å². The van der Waals surface area contributed by atoms with Gasteiger partial charge >= 0.3 is 0 Å². The first-order valence-corrected chi connectivity index (χ1v) is 14.4. The Bertz CT molecular complexity index is 1870. The fourth-order valence-electron chi connectivity index (χ4n) is 6.14. The van der Waals surface area contributed by atoms with Gasteiger partial charge in [0.05, 0.1) is 11.3 Å². The number of aliphatic hydroxyl groups is 1. The van der Waals surface area contributed by atoms with Crippen molar-refractivity contribution in [1.29, 1.82) is 0 Å². The van der Waals surface area contributed by atoms with E-state index < -0.39 is 0 Å². The molecule has 1 radical (unpaired) electrons. The maximum absolute atomic E-state index is 10.0. The van der Waals surface area contributed by atoms with Gasteiger partial charge in [-0.25, -0.2) is 0 Å². The van der Waals surface area contributed by atoms with Crippen LogP contribution in [0.5, 0.6) is 0 Å². The Morgan fingerprint density at radius 1 is 0.791 bits per heavy atom. The summed E-state index contributed by atoms with van der Waals surface area (Å²) < 4.78 is 0. The summed E-state index contributed by atoms with van der Waals surface area (Å²) in [6.45, 7) is 16.1. The average Bonchev–Trinajstić information content (AvgIpc) is 3.13. The molecule has 1 aliphatic carbocycles. The van der Waals surface area contributed by atoms with Crippen LogP contribution in [0.25, 0.3) is 44.4 Å². The molecular formula is C39H38IrNO2-. The van der Waals surface area contributed by atoms with E-state index in [1.807, 2.05) is 0 Å². The van der Waals surface area contributed by atoms with Gasteiger partial charge in [0.15, 0.2) is 5.78 Å². The molecule has 0 spiro atoms. The van der Waals surface area contributed by atoms with E-state index in [2.05, 4.69) is 120 Å². The topological polar surface area (TPSA) is 50.2 Å². The molecule has 0 saturated heterocycles. The zero-order valence-corrected chi connectivity index (χ0v) is 28.5. The molecule has 0 unspecified atom stereocenters. The average molecular weight is 745 g/mol. The molecule has 221 valence electrons.